The van der Waals surface area contributed by atoms with Crippen LogP contribution in [-0.2, 0) is 13.0 Å². The Morgan fingerprint density at radius 2 is 2.00 bits per heavy atom. The van der Waals surface area contributed by atoms with Crippen LogP contribution in [0.15, 0.2) is 0 Å². The van der Waals surface area contributed by atoms with E-state index < -0.39 is 0 Å². The molecule has 1 atom stereocenters. The maximum absolute atomic E-state index is 9.30. The number of hydrogen-bond acceptors (Lipinski definition) is 4. The smallest absolute Gasteiger partial charge is 0.185 e. The van der Waals surface area contributed by atoms with Crippen molar-refractivity contribution in [1.82, 2.24) is 4.98 Å². The first-order chi connectivity index (χ1) is 7.81. The molecule has 0 fully saturated rings. The van der Waals surface area contributed by atoms with Crippen LogP contribution in [0, 0.1) is 5.41 Å². The maximum atomic E-state index is 9.30. The molecule has 0 aliphatic rings. The predicted molar refractivity (Wildman–Crippen MR) is 74.7 cm³/mol. The number of aliphatic hydroxyl groups excluding tert-OH is 1. The minimum absolute atomic E-state index is 0.0958. The van der Waals surface area contributed by atoms with E-state index in [9.17, 15) is 5.11 Å². The average molecular weight is 256 g/mol. The third-order valence-electron chi connectivity index (χ3n) is 3.38. The van der Waals surface area contributed by atoms with E-state index in [1.165, 1.54) is 0 Å². The normalized spacial score (nSPS) is 13.8. The third kappa shape index (κ3) is 3.19. The molecular formula is C13H24N2OS. The van der Waals surface area contributed by atoms with Gasteiger partial charge in [-0.15, -0.1) is 0 Å². The summed E-state index contributed by atoms with van der Waals surface area (Å²) in [6.45, 7) is 11.1. The molecule has 17 heavy (non-hydrogen) atoms. The number of aryl methyl sites for hydroxylation is 1. The van der Waals surface area contributed by atoms with Crippen LogP contribution < -0.4 is 4.90 Å². The van der Waals surface area contributed by atoms with Gasteiger partial charge in [0.25, 0.3) is 0 Å². The maximum Gasteiger partial charge on any atom is 0.185 e. The first-order valence-electron chi connectivity index (χ1n) is 6.13. The molecule has 4 heteroatoms. The second-order valence-electron chi connectivity index (χ2n) is 5.53. The van der Waals surface area contributed by atoms with Crippen molar-refractivity contribution in [3.8, 4) is 0 Å². The van der Waals surface area contributed by atoms with Gasteiger partial charge in [-0.25, -0.2) is 4.98 Å². The molecule has 1 heterocycles. The minimum atomic E-state index is 0.0958. The lowest BCUT2D eigenvalue weighted by Crippen LogP contribution is -2.39. The molecule has 98 valence electrons. The van der Waals surface area contributed by atoms with E-state index in [1.807, 2.05) is 0 Å². The molecule has 0 saturated heterocycles. The van der Waals surface area contributed by atoms with Crippen molar-refractivity contribution in [1.29, 1.82) is 0 Å². The lowest BCUT2D eigenvalue weighted by atomic mass is 9.87. The summed E-state index contributed by atoms with van der Waals surface area (Å²) in [6, 6.07) is 0.407. The Morgan fingerprint density at radius 1 is 1.41 bits per heavy atom. The van der Waals surface area contributed by atoms with Gasteiger partial charge in [0.2, 0.25) is 0 Å². The molecule has 1 rings (SSSR count). The zero-order valence-corrected chi connectivity index (χ0v) is 12.6. The highest BCUT2D eigenvalue weighted by atomic mass is 32.1. The van der Waals surface area contributed by atoms with Crippen molar-refractivity contribution in [2.75, 3.05) is 11.9 Å². The third-order valence-corrected chi connectivity index (χ3v) is 4.55. The molecule has 1 unspecified atom stereocenters. The van der Waals surface area contributed by atoms with E-state index in [0.717, 1.165) is 22.1 Å². The largest absolute Gasteiger partial charge is 0.391 e. The van der Waals surface area contributed by atoms with Crippen molar-refractivity contribution >= 4 is 16.5 Å². The van der Waals surface area contributed by atoms with E-state index >= 15 is 0 Å². The van der Waals surface area contributed by atoms with Gasteiger partial charge in [0.1, 0.15) is 0 Å². The van der Waals surface area contributed by atoms with Gasteiger partial charge in [-0.05, 0) is 18.8 Å². The summed E-state index contributed by atoms with van der Waals surface area (Å²) < 4.78 is 0. The van der Waals surface area contributed by atoms with Crippen LogP contribution in [0.1, 0.15) is 45.2 Å². The Balaban J connectivity index is 2.96. The van der Waals surface area contributed by atoms with Crippen molar-refractivity contribution in [3.05, 3.63) is 10.6 Å². The van der Waals surface area contributed by atoms with Gasteiger partial charge in [-0.3, -0.25) is 0 Å². The molecule has 0 saturated carbocycles. The van der Waals surface area contributed by atoms with E-state index in [1.54, 1.807) is 11.3 Å². The van der Waals surface area contributed by atoms with Gasteiger partial charge < -0.3 is 10.0 Å². The molecule has 0 bridgehead atoms. The van der Waals surface area contributed by atoms with E-state index in [-0.39, 0.29) is 12.0 Å². The monoisotopic (exact) mass is 256 g/mol. The number of thiazole rings is 1. The fraction of sp³-hybridized carbons (Fsp3) is 0.769. The van der Waals surface area contributed by atoms with Gasteiger partial charge in [0, 0.05) is 13.1 Å². The Hall–Kier alpha value is -0.610. The summed E-state index contributed by atoms with van der Waals surface area (Å²) in [5.41, 5.74) is 1.24. The summed E-state index contributed by atoms with van der Waals surface area (Å²) in [6.07, 6.45) is 0.879. The van der Waals surface area contributed by atoms with Gasteiger partial charge in [-0.1, -0.05) is 39.0 Å². The fourth-order valence-corrected chi connectivity index (χ4v) is 2.72. The highest BCUT2D eigenvalue weighted by molar-refractivity contribution is 7.15. The average Bonchev–Trinajstić information content (AvgIpc) is 2.68. The van der Waals surface area contributed by atoms with Crippen LogP contribution in [0.5, 0.6) is 0 Å². The first-order valence-corrected chi connectivity index (χ1v) is 6.95. The van der Waals surface area contributed by atoms with Crippen LogP contribution in [0.25, 0.3) is 0 Å². The Bertz CT molecular complexity index is 346. The number of aromatic nitrogens is 1. The number of aliphatic hydroxyl groups is 1. The van der Waals surface area contributed by atoms with E-state index in [0.29, 0.717) is 6.04 Å². The molecule has 1 aromatic rings. The number of rotatable bonds is 4. The molecular weight excluding hydrogens is 232 g/mol. The summed E-state index contributed by atoms with van der Waals surface area (Å²) >= 11 is 1.60. The topological polar surface area (TPSA) is 36.4 Å². The Labute approximate surface area is 108 Å². The van der Waals surface area contributed by atoms with Gasteiger partial charge in [0.15, 0.2) is 5.13 Å². The number of anilines is 1. The lowest BCUT2D eigenvalue weighted by Gasteiger charge is -2.35. The summed E-state index contributed by atoms with van der Waals surface area (Å²) in [5, 5.41) is 10.3. The van der Waals surface area contributed by atoms with Gasteiger partial charge >= 0.3 is 0 Å². The molecule has 1 aromatic heterocycles. The Kier molecular flexibility index (Phi) is 4.55. The van der Waals surface area contributed by atoms with E-state index in [2.05, 4.69) is 51.6 Å². The standard InChI is InChI=1S/C13H24N2OS/c1-7-10-11(8-16)17-12(14-10)15(6)9(2)13(3,4)5/h9,16H,7-8H2,1-6H3. The molecule has 0 spiro atoms. The van der Waals surface area contributed by atoms with Crippen LogP contribution >= 0.6 is 11.3 Å². The highest BCUT2D eigenvalue weighted by Gasteiger charge is 2.26. The van der Waals surface area contributed by atoms with Crippen molar-refractivity contribution in [2.45, 2.75) is 53.7 Å². The molecule has 0 aliphatic heterocycles. The van der Waals surface area contributed by atoms with Crippen LogP contribution in [0.2, 0.25) is 0 Å². The zero-order chi connectivity index (χ0) is 13.2. The zero-order valence-electron chi connectivity index (χ0n) is 11.7. The minimum Gasteiger partial charge on any atom is -0.391 e. The SMILES string of the molecule is CCc1nc(N(C)C(C)C(C)(C)C)sc1CO. The second-order valence-corrected chi connectivity index (χ2v) is 6.59. The van der Waals surface area contributed by atoms with Crippen LogP contribution in [0.3, 0.4) is 0 Å². The summed E-state index contributed by atoms with van der Waals surface area (Å²) in [7, 11) is 2.08. The van der Waals surface area contributed by atoms with Crippen molar-refractivity contribution in [2.24, 2.45) is 5.41 Å². The van der Waals surface area contributed by atoms with Crippen molar-refractivity contribution < 1.29 is 5.11 Å². The number of nitrogens with zero attached hydrogens (tertiary/aromatic N) is 2. The summed E-state index contributed by atoms with van der Waals surface area (Å²) in [5.74, 6) is 0. The fourth-order valence-electron chi connectivity index (χ4n) is 1.67. The summed E-state index contributed by atoms with van der Waals surface area (Å²) in [4.78, 5) is 7.83. The second kappa shape index (κ2) is 5.36. The molecule has 1 N–H and O–H groups in total. The predicted octanol–water partition coefficient (Wildman–Crippen LogP) is 3.07. The quantitative estimate of drug-likeness (QED) is 0.899. The van der Waals surface area contributed by atoms with Crippen LogP contribution in [-0.4, -0.2) is 23.2 Å². The Morgan fingerprint density at radius 3 is 2.35 bits per heavy atom. The molecule has 0 aromatic carbocycles. The molecule has 0 amide bonds. The van der Waals surface area contributed by atoms with Crippen LogP contribution in [0.4, 0.5) is 5.13 Å². The highest BCUT2D eigenvalue weighted by Crippen LogP contribution is 2.32. The van der Waals surface area contributed by atoms with E-state index in [4.69, 9.17) is 0 Å². The van der Waals surface area contributed by atoms with Crippen molar-refractivity contribution in [3.63, 3.8) is 0 Å². The molecule has 0 aliphatic carbocycles. The molecule has 0 radical (unpaired) electrons. The van der Waals surface area contributed by atoms with Gasteiger partial charge in [0.05, 0.1) is 17.2 Å². The van der Waals surface area contributed by atoms with Gasteiger partial charge in [-0.2, -0.15) is 0 Å². The number of hydrogen-bond donors (Lipinski definition) is 1. The first kappa shape index (κ1) is 14.5. The molecule has 3 nitrogen and oxygen atoms in total. The lowest BCUT2D eigenvalue weighted by molar-refractivity contribution is 0.284.